The Morgan fingerprint density at radius 3 is 2.83 bits per heavy atom. The van der Waals surface area contributed by atoms with Gasteiger partial charge in [0.05, 0.1) is 13.0 Å². The first-order chi connectivity index (χ1) is 8.63. The Balaban J connectivity index is 2.54. The number of carbonyl (C=O) groups is 2. The van der Waals surface area contributed by atoms with E-state index in [0.29, 0.717) is 17.9 Å². The molecule has 0 aliphatic rings. The average Bonchev–Trinajstić information content (AvgIpc) is 2.36. The van der Waals surface area contributed by atoms with Crippen LogP contribution < -0.4 is 10.1 Å². The lowest BCUT2D eigenvalue weighted by Gasteiger charge is -2.07. The normalized spacial score (nSPS) is 9.83. The number of hydrogen-bond acceptors (Lipinski definition) is 3. The van der Waals surface area contributed by atoms with Crippen LogP contribution in [0.3, 0.4) is 0 Å². The maximum atomic E-state index is 11.7. The fraction of sp³-hybridized carbons (Fsp3) is 0.385. The summed E-state index contributed by atoms with van der Waals surface area (Å²) in [7, 11) is 0. The number of rotatable bonds is 7. The van der Waals surface area contributed by atoms with Crippen LogP contribution in [0.25, 0.3) is 0 Å². The molecule has 0 aromatic heterocycles. The summed E-state index contributed by atoms with van der Waals surface area (Å²) in [6.45, 7) is 2.72. The quantitative estimate of drug-likeness (QED) is 0.773. The Morgan fingerprint density at radius 1 is 1.39 bits per heavy atom. The first-order valence-corrected chi connectivity index (χ1v) is 5.86. The third-order valence-corrected chi connectivity index (χ3v) is 2.19. The molecular formula is C13H17NO4. The number of hydrogen-bond donors (Lipinski definition) is 2. The van der Waals surface area contributed by atoms with Gasteiger partial charge in [-0.1, -0.05) is 13.0 Å². The Morgan fingerprint density at radius 2 is 2.17 bits per heavy atom. The van der Waals surface area contributed by atoms with Crippen molar-refractivity contribution in [3.8, 4) is 5.75 Å². The molecule has 0 saturated heterocycles. The number of amides is 1. The van der Waals surface area contributed by atoms with Crippen molar-refractivity contribution >= 4 is 11.9 Å². The predicted molar refractivity (Wildman–Crippen MR) is 66.8 cm³/mol. The first-order valence-electron chi connectivity index (χ1n) is 5.86. The van der Waals surface area contributed by atoms with Crippen molar-refractivity contribution in [1.82, 2.24) is 5.32 Å². The Kier molecular flexibility index (Phi) is 5.70. The maximum Gasteiger partial charge on any atom is 0.305 e. The number of ether oxygens (including phenoxy) is 1. The number of carbonyl (C=O) groups excluding carboxylic acids is 1. The summed E-state index contributed by atoms with van der Waals surface area (Å²) in [4.78, 5) is 22.0. The van der Waals surface area contributed by atoms with Gasteiger partial charge in [0.25, 0.3) is 5.91 Å². The molecular weight excluding hydrogens is 234 g/mol. The van der Waals surface area contributed by atoms with Crippen molar-refractivity contribution in [3.63, 3.8) is 0 Å². The molecule has 0 aliphatic carbocycles. The molecule has 0 unspecified atom stereocenters. The number of carboxylic acid groups (broad SMARTS) is 1. The maximum absolute atomic E-state index is 11.7. The minimum atomic E-state index is -0.935. The number of benzene rings is 1. The lowest BCUT2D eigenvalue weighted by molar-refractivity contribution is -0.136. The number of aliphatic carboxylic acids is 1. The van der Waals surface area contributed by atoms with E-state index >= 15 is 0 Å². The highest BCUT2D eigenvalue weighted by Gasteiger charge is 2.07. The molecule has 5 nitrogen and oxygen atoms in total. The van der Waals surface area contributed by atoms with Gasteiger partial charge < -0.3 is 15.2 Å². The van der Waals surface area contributed by atoms with Gasteiger partial charge in [0.15, 0.2) is 0 Å². The highest BCUT2D eigenvalue weighted by molar-refractivity contribution is 5.94. The van der Waals surface area contributed by atoms with E-state index in [-0.39, 0.29) is 18.9 Å². The molecule has 0 aliphatic heterocycles. The lowest BCUT2D eigenvalue weighted by Crippen LogP contribution is -2.25. The van der Waals surface area contributed by atoms with E-state index in [1.165, 1.54) is 0 Å². The summed E-state index contributed by atoms with van der Waals surface area (Å²) in [5.41, 5.74) is 0.467. The van der Waals surface area contributed by atoms with Gasteiger partial charge in [0.1, 0.15) is 5.75 Å². The third kappa shape index (κ3) is 4.86. The van der Waals surface area contributed by atoms with Crippen LogP contribution in [0, 0.1) is 0 Å². The number of nitrogens with one attached hydrogen (secondary N) is 1. The van der Waals surface area contributed by atoms with Crippen molar-refractivity contribution in [2.45, 2.75) is 19.8 Å². The zero-order valence-corrected chi connectivity index (χ0v) is 10.3. The van der Waals surface area contributed by atoms with Crippen molar-refractivity contribution < 1.29 is 19.4 Å². The second kappa shape index (κ2) is 7.32. The third-order valence-electron chi connectivity index (χ3n) is 2.19. The van der Waals surface area contributed by atoms with Crippen LogP contribution in [0.5, 0.6) is 5.75 Å². The van der Waals surface area contributed by atoms with Gasteiger partial charge >= 0.3 is 5.97 Å². The molecule has 0 atom stereocenters. The summed E-state index contributed by atoms with van der Waals surface area (Å²) < 4.78 is 5.41. The SMILES string of the molecule is CCCOc1cccc(C(=O)NCCC(=O)O)c1. The van der Waals surface area contributed by atoms with Gasteiger partial charge in [0.2, 0.25) is 0 Å². The fourth-order valence-electron chi connectivity index (χ4n) is 1.33. The van der Waals surface area contributed by atoms with Crippen LogP contribution >= 0.6 is 0 Å². The monoisotopic (exact) mass is 251 g/mol. The molecule has 1 aromatic rings. The van der Waals surface area contributed by atoms with Crippen molar-refractivity contribution in [1.29, 1.82) is 0 Å². The second-order valence-corrected chi connectivity index (χ2v) is 3.78. The number of carboxylic acids is 1. The highest BCUT2D eigenvalue weighted by Crippen LogP contribution is 2.13. The van der Waals surface area contributed by atoms with Gasteiger partial charge in [-0.3, -0.25) is 9.59 Å². The van der Waals surface area contributed by atoms with Gasteiger partial charge in [-0.25, -0.2) is 0 Å². The van der Waals surface area contributed by atoms with Crippen LogP contribution in [0.2, 0.25) is 0 Å². The summed E-state index contributed by atoms with van der Waals surface area (Å²) in [5.74, 6) is -0.587. The second-order valence-electron chi connectivity index (χ2n) is 3.78. The smallest absolute Gasteiger partial charge is 0.305 e. The average molecular weight is 251 g/mol. The van der Waals surface area contributed by atoms with Crippen LogP contribution in [0.4, 0.5) is 0 Å². The van der Waals surface area contributed by atoms with Crippen LogP contribution in [-0.4, -0.2) is 30.1 Å². The Bertz CT molecular complexity index is 417. The minimum absolute atomic E-state index is 0.0856. The van der Waals surface area contributed by atoms with Crippen LogP contribution in [0.15, 0.2) is 24.3 Å². The van der Waals surface area contributed by atoms with E-state index in [2.05, 4.69) is 5.32 Å². The van der Waals surface area contributed by atoms with Crippen molar-refractivity contribution in [2.24, 2.45) is 0 Å². The molecule has 1 amide bonds. The van der Waals surface area contributed by atoms with E-state index in [9.17, 15) is 9.59 Å². The zero-order valence-electron chi connectivity index (χ0n) is 10.3. The molecule has 0 spiro atoms. The van der Waals surface area contributed by atoms with Crippen molar-refractivity contribution in [2.75, 3.05) is 13.2 Å². The van der Waals surface area contributed by atoms with Gasteiger partial charge in [-0.2, -0.15) is 0 Å². The van der Waals surface area contributed by atoms with Crippen LogP contribution in [-0.2, 0) is 4.79 Å². The van der Waals surface area contributed by atoms with Gasteiger partial charge in [-0.05, 0) is 24.6 Å². The van der Waals surface area contributed by atoms with Gasteiger partial charge in [-0.15, -0.1) is 0 Å². The molecule has 0 heterocycles. The first kappa shape index (κ1) is 14.0. The molecule has 0 fully saturated rings. The molecule has 1 aromatic carbocycles. The summed E-state index contributed by atoms with van der Waals surface area (Å²) >= 11 is 0. The standard InChI is InChI=1S/C13H17NO4/c1-2-8-18-11-5-3-4-10(9-11)13(17)14-7-6-12(15)16/h3-5,9H,2,6-8H2,1H3,(H,14,17)(H,15,16). The lowest BCUT2D eigenvalue weighted by atomic mass is 10.2. The van der Waals surface area contributed by atoms with Gasteiger partial charge in [0, 0.05) is 12.1 Å². The molecule has 18 heavy (non-hydrogen) atoms. The van der Waals surface area contributed by atoms with Crippen molar-refractivity contribution in [3.05, 3.63) is 29.8 Å². The van der Waals surface area contributed by atoms with E-state index in [1.54, 1.807) is 24.3 Å². The predicted octanol–water partition coefficient (Wildman–Crippen LogP) is 1.68. The summed E-state index contributed by atoms with van der Waals surface area (Å²) in [6.07, 6.45) is 0.812. The van der Waals surface area contributed by atoms with E-state index in [4.69, 9.17) is 9.84 Å². The molecule has 5 heteroatoms. The largest absolute Gasteiger partial charge is 0.494 e. The minimum Gasteiger partial charge on any atom is -0.494 e. The molecule has 0 saturated carbocycles. The van der Waals surface area contributed by atoms with E-state index in [0.717, 1.165) is 6.42 Å². The summed E-state index contributed by atoms with van der Waals surface area (Å²) in [5, 5.41) is 11.0. The molecule has 1 rings (SSSR count). The highest BCUT2D eigenvalue weighted by atomic mass is 16.5. The zero-order chi connectivity index (χ0) is 13.4. The topological polar surface area (TPSA) is 75.6 Å². The van der Waals surface area contributed by atoms with Crippen LogP contribution in [0.1, 0.15) is 30.1 Å². The molecule has 98 valence electrons. The Hall–Kier alpha value is -2.04. The molecule has 0 radical (unpaired) electrons. The van der Waals surface area contributed by atoms with E-state index in [1.807, 2.05) is 6.92 Å². The molecule has 0 bridgehead atoms. The Labute approximate surface area is 106 Å². The van der Waals surface area contributed by atoms with E-state index < -0.39 is 5.97 Å². The fourth-order valence-corrected chi connectivity index (χ4v) is 1.33. The molecule has 2 N–H and O–H groups in total. The summed E-state index contributed by atoms with van der Waals surface area (Å²) in [6, 6.07) is 6.82.